The van der Waals surface area contributed by atoms with Crippen LogP contribution in [0.15, 0.2) is 34.9 Å². The van der Waals surface area contributed by atoms with Crippen molar-refractivity contribution >= 4 is 5.78 Å². The van der Waals surface area contributed by atoms with Crippen LogP contribution in [-0.2, 0) is 9.68 Å². The second-order valence-electron chi connectivity index (χ2n) is 7.70. The lowest BCUT2D eigenvalue weighted by Crippen LogP contribution is -2.31. The number of allylic oxidation sites excluding steroid dienone is 5. The molecule has 3 heteroatoms. The SMILES string of the molecule is C/C1=C/C[C@]2(C)C(=O)C=C(C(C)C)[C@H]2C/C=C(\C)[C@H](OO)CC1. The molecule has 0 spiro atoms. The summed E-state index contributed by atoms with van der Waals surface area (Å²) < 4.78 is 0. The van der Waals surface area contributed by atoms with Gasteiger partial charge in [-0.05, 0) is 63.0 Å². The van der Waals surface area contributed by atoms with E-state index >= 15 is 0 Å². The highest BCUT2D eigenvalue weighted by Gasteiger charge is 2.46. The van der Waals surface area contributed by atoms with Crippen LogP contribution in [0.25, 0.3) is 0 Å². The van der Waals surface area contributed by atoms with Crippen LogP contribution in [0.1, 0.15) is 60.3 Å². The fourth-order valence-corrected chi connectivity index (χ4v) is 3.81. The third-order valence-electron chi connectivity index (χ3n) is 5.68. The predicted octanol–water partition coefficient (Wildman–Crippen LogP) is 5.10. The zero-order chi connectivity index (χ0) is 17.2. The lowest BCUT2D eigenvalue weighted by molar-refractivity contribution is -0.269. The molecule has 0 aliphatic heterocycles. The summed E-state index contributed by atoms with van der Waals surface area (Å²) in [6, 6.07) is 0. The highest BCUT2D eigenvalue weighted by atomic mass is 17.1. The molecule has 0 saturated carbocycles. The molecule has 0 radical (unpaired) electrons. The fourth-order valence-electron chi connectivity index (χ4n) is 3.81. The van der Waals surface area contributed by atoms with E-state index in [0.717, 1.165) is 31.3 Å². The van der Waals surface area contributed by atoms with Crippen molar-refractivity contribution in [3.05, 3.63) is 34.9 Å². The monoisotopic (exact) mass is 318 g/mol. The maximum atomic E-state index is 12.7. The minimum atomic E-state index is -0.350. The van der Waals surface area contributed by atoms with Crippen molar-refractivity contribution in [2.45, 2.75) is 66.4 Å². The first-order valence-corrected chi connectivity index (χ1v) is 8.68. The minimum absolute atomic E-state index is 0.228. The first-order chi connectivity index (χ1) is 10.8. The lowest BCUT2D eigenvalue weighted by Gasteiger charge is -2.32. The van der Waals surface area contributed by atoms with Crippen LogP contribution < -0.4 is 0 Å². The van der Waals surface area contributed by atoms with Gasteiger partial charge < -0.3 is 0 Å². The first kappa shape index (κ1) is 18.2. The number of ketones is 1. The van der Waals surface area contributed by atoms with E-state index in [-0.39, 0.29) is 23.2 Å². The van der Waals surface area contributed by atoms with Gasteiger partial charge in [0.2, 0.25) is 0 Å². The van der Waals surface area contributed by atoms with Crippen molar-refractivity contribution in [1.29, 1.82) is 0 Å². The van der Waals surface area contributed by atoms with Gasteiger partial charge in [0.1, 0.15) is 6.10 Å². The van der Waals surface area contributed by atoms with Crippen molar-refractivity contribution in [1.82, 2.24) is 0 Å². The highest BCUT2D eigenvalue weighted by Crippen LogP contribution is 2.48. The molecule has 0 aromatic heterocycles. The molecule has 0 saturated heterocycles. The van der Waals surface area contributed by atoms with Crippen LogP contribution in [-0.4, -0.2) is 17.1 Å². The number of fused-ring (bicyclic) bond motifs is 1. The number of rotatable bonds is 2. The van der Waals surface area contributed by atoms with Crippen LogP contribution in [0, 0.1) is 17.3 Å². The second-order valence-corrected chi connectivity index (χ2v) is 7.70. The minimum Gasteiger partial charge on any atom is -0.294 e. The topological polar surface area (TPSA) is 46.5 Å². The molecule has 3 nitrogen and oxygen atoms in total. The molecule has 0 aromatic carbocycles. The van der Waals surface area contributed by atoms with Crippen molar-refractivity contribution in [2.24, 2.45) is 17.3 Å². The van der Waals surface area contributed by atoms with Gasteiger partial charge >= 0.3 is 0 Å². The molecule has 0 bridgehead atoms. The molecule has 0 fully saturated rings. The average molecular weight is 318 g/mol. The van der Waals surface area contributed by atoms with Gasteiger partial charge in [0.25, 0.3) is 0 Å². The first-order valence-electron chi connectivity index (χ1n) is 8.68. The van der Waals surface area contributed by atoms with E-state index in [4.69, 9.17) is 0 Å². The molecule has 0 heterocycles. The molecule has 2 aliphatic rings. The van der Waals surface area contributed by atoms with Gasteiger partial charge in [-0.2, -0.15) is 0 Å². The fraction of sp³-hybridized carbons (Fsp3) is 0.650. The maximum Gasteiger partial charge on any atom is 0.162 e. The third-order valence-corrected chi connectivity index (χ3v) is 5.68. The molecule has 2 rings (SSSR count). The Kier molecular flexibility index (Phi) is 5.64. The van der Waals surface area contributed by atoms with E-state index in [1.807, 2.05) is 13.0 Å². The van der Waals surface area contributed by atoms with Crippen LogP contribution in [0.4, 0.5) is 0 Å². The van der Waals surface area contributed by atoms with Crippen LogP contribution >= 0.6 is 0 Å². The lowest BCUT2D eigenvalue weighted by atomic mass is 9.70. The zero-order valence-corrected chi connectivity index (χ0v) is 15.1. The van der Waals surface area contributed by atoms with Crippen molar-refractivity contribution in [3.63, 3.8) is 0 Å². The van der Waals surface area contributed by atoms with Gasteiger partial charge in [0.05, 0.1) is 0 Å². The normalized spacial score (nSPS) is 37.3. The molecular formula is C20H30O3. The molecule has 128 valence electrons. The second kappa shape index (κ2) is 7.14. The quantitative estimate of drug-likeness (QED) is 0.438. The smallest absolute Gasteiger partial charge is 0.162 e. The molecule has 0 amide bonds. The Morgan fingerprint density at radius 2 is 2.00 bits per heavy atom. The molecule has 3 atom stereocenters. The number of carbonyl (C=O) groups excluding carboxylic acids is 1. The van der Waals surface area contributed by atoms with Crippen LogP contribution in [0.2, 0.25) is 0 Å². The number of hydrogen-bond donors (Lipinski definition) is 1. The summed E-state index contributed by atoms with van der Waals surface area (Å²) in [7, 11) is 0. The van der Waals surface area contributed by atoms with E-state index in [1.54, 1.807) is 0 Å². The predicted molar refractivity (Wildman–Crippen MR) is 93.0 cm³/mol. The number of carbonyl (C=O) groups is 1. The Balaban J connectivity index is 2.42. The Morgan fingerprint density at radius 3 is 2.61 bits per heavy atom. The van der Waals surface area contributed by atoms with Crippen LogP contribution in [0.3, 0.4) is 0 Å². The molecular weight excluding hydrogens is 288 g/mol. The summed E-state index contributed by atoms with van der Waals surface area (Å²) in [6.07, 6.45) is 9.23. The van der Waals surface area contributed by atoms with E-state index < -0.39 is 0 Å². The summed E-state index contributed by atoms with van der Waals surface area (Å²) in [5, 5.41) is 9.19. The summed E-state index contributed by atoms with van der Waals surface area (Å²) >= 11 is 0. The maximum absolute atomic E-state index is 12.7. The number of hydrogen-bond acceptors (Lipinski definition) is 3. The Morgan fingerprint density at radius 1 is 1.30 bits per heavy atom. The van der Waals surface area contributed by atoms with E-state index in [1.165, 1.54) is 11.1 Å². The van der Waals surface area contributed by atoms with E-state index in [0.29, 0.717) is 5.92 Å². The van der Waals surface area contributed by atoms with Gasteiger partial charge in [0.15, 0.2) is 5.78 Å². The summed E-state index contributed by atoms with van der Waals surface area (Å²) in [6.45, 7) is 10.5. The van der Waals surface area contributed by atoms with E-state index in [2.05, 4.69) is 44.7 Å². The van der Waals surface area contributed by atoms with Gasteiger partial charge in [-0.15, -0.1) is 0 Å². The standard InChI is InChI=1S/C20H30O3/c1-13(2)16-12-19(21)20(5)11-10-14(3)6-9-18(23-22)15(4)7-8-17(16)20/h7,10,12-13,17-18,22H,6,8-9,11H2,1-5H3/b14-10-,15-7+/t17-,18-,20+/m1/s1. The zero-order valence-electron chi connectivity index (χ0n) is 15.1. The molecule has 2 aliphatic carbocycles. The van der Waals surface area contributed by atoms with Crippen LogP contribution in [0.5, 0.6) is 0 Å². The summed E-state index contributed by atoms with van der Waals surface area (Å²) in [5.41, 5.74) is 3.21. The van der Waals surface area contributed by atoms with Gasteiger partial charge in [-0.3, -0.25) is 10.1 Å². The summed E-state index contributed by atoms with van der Waals surface area (Å²) in [5.74, 6) is 0.863. The Labute approximate surface area is 140 Å². The summed E-state index contributed by atoms with van der Waals surface area (Å²) in [4.78, 5) is 17.4. The molecule has 23 heavy (non-hydrogen) atoms. The van der Waals surface area contributed by atoms with Gasteiger partial charge in [0, 0.05) is 5.41 Å². The molecule has 0 unspecified atom stereocenters. The van der Waals surface area contributed by atoms with Gasteiger partial charge in [-0.1, -0.05) is 44.1 Å². The Bertz CT molecular complexity index is 553. The molecule has 0 aromatic rings. The third kappa shape index (κ3) is 3.67. The molecule has 1 N–H and O–H groups in total. The Hall–Kier alpha value is -1.19. The highest BCUT2D eigenvalue weighted by molar-refractivity contribution is 5.98. The van der Waals surface area contributed by atoms with Crippen molar-refractivity contribution in [3.8, 4) is 0 Å². The largest absolute Gasteiger partial charge is 0.294 e. The average Bonchev–Trinajstić information content (AvgIpc) is 2.74. The van der Waals surface area contributed by atoms with E-state index in [9.17, 15) is 10.1 Å². The van der Waals surface area contributed by atoms with Gasteiger partial charge in [-0.25, -0.2) is 4.89 Å². The van der Waals surface area contributed by atoms with Crippen molar-refractivity contribution < 1.29 is 14.9 Å². The van der Waals surface area contributed by atoms with Crippen molar-refractivity contribution in [2.75, 3.05) is 0 Å².